The van der Waals surface area contributed by atoms with Crippen LogP contribution < -0.4 is 10.6 Å². The maximum Gasteiger partial charge on any atom is 0.191 e. The molecule has 0 amide bonds. The van der Waals surface area contributed by atoms with Crippen LogP contribution in [0.2, 0.25) is 0 Å². The molecule has 2 heterocycles. The minimum Gasteiger partial charge on any atom is -0.373 e. The highest BCUT2D eigenvalue weighted by Gasteiger charge is 2.21. The summed E-state index contributed by atoms with van der Waals surface area (Å²) < 4.78 is 19.1. The van der Waals surface area contributed by atoms with Gasteiger partial charge >= 0.3 is 0 Å². The predicted octanol–water partition coefficient (Wildman–Crippen LogP) is 3.52. The normalized spacial score (nSPS) is 20.2. The number of halogens is 2. The molecule has 1 aliphatic heterocycles. The molecule has 3 N–H and O–H groups in total. The van der Waals surface area contributed by atoms with E-state index in [-0.39, 0.29) is 29.8 Å². The predicted molar refractivity (Wildman–Crippen MR) is 132 cm³/mol. The number of ether oxygens (including phenoxy) is 1. The molecule has 168 valence electrons. The van der Waals surface area contributed by atoms with Gasteiger partial charge < -0.3 is 20.4 Å². The van der Waals surface area contributed by atoms with Crippen molar-refractivity contribution in [3.8, 4) is 0 Å². The van der Waals surface area contributed by atoms with Gasteiger partial charge in [-0.05, 0) is 57.4 Å². The fraction of sp³-hybridized carbons (Fsp3) is 0.591. The molecular formula is C22H35FIN5O. The smallest absolute Gasteiger partial charge is 0.191 e. The number of aliphatic imine (C=N–C) groups is 1. The molecule has 30 heavy (non-hydrogen) atoms. The zero-order valence-electron chi connectivity index (χ0n) is 18.2. The molecule has 3 rings (SSSR count). The molecule has 0 spiro atoms. The number of benzene rings is 1. The summed E-state index contributed by atoms with van der Waals surface area (Å²) in [4.78, 5) is 10.3. The van der Waals surface area contributed by atoms with Crippen LogP contribution in [0.15, 0.2) is 29.4 Å². The molecular weight excluding hydrogens is 496 g/mol. The average molecular weight is 531 g/mol. The highest BCUT2D eigenvalue weighted by Crippen LogP contribution is 2.19. The standard InChI is InChI=1S/C22H34FN5O.HI/c1-4-24-22(25-9-5-11-28-14-16(2)29-17(3)15-28)26-10-8-18-13-27-21-12-19(23)6-7-20(18)21;/h6-7,12-13,16-17,27H,4-5,8-11,14-15H2,1-3H3,(H2,24,25,26);1H. The van der Waals surface area contributed by atoms with Gasteiger partial charge in [-0.3, -0.25) is 9.89 Å². The Bertz CT molecular complexity index is 802. The van der Waals surface area contributed by atoms with E-state index in [0.717, 1.165) is 69.0 Å². The average Bonchev–Trinajstić information content (AvgIpc) is 3.06. The number of H-pyrrole nitrogens is 1. The maximum atomic E-state index is 13.3. The summed E-state index contributed by atoms with van der Waals surface area (Å²) in [5.41, 5.74) is 2.02. The fourth-order valence-corrected chi connectivity index (χ4v) is 3.97. The van der Waals surface area contributed by atoms with Crippen molar-refractivity contribution in [1.29, 1.82) is 0 Å². The van der Waals surface area contributed by atoms with Crippen LogP contribution in [-0.4, -0.2) is 67.3 Å². The Morgan fingerprint density at radius 1 is 1.27 bits per heavy atom. The summed E-state index contributed by atoms with van der Waals surface area (Å²) in [6.45, 7) is 11.8. The van der Waals surface area contributed by atoms with Gasteiger partial charge in [0.1, 0.15) is 5.82 Å². The lowest BCUT2D eigenvalue weighted by atomic mass is 10.1. The van der Waals surface area contributed by atoms with E-state index in [1.807, 2.05) is 12.3 Å². The van der Waals surface area contributed by atoms with E-state index in [9.17, 15) is 4.39 Å². The van der Waals surface area contributed by atoms with E-state index in [1.165, 1.54) is 17.7 Å². The molecule has 6 nitrogen and oxygen atoms in total. The molecule has 0 aliphatic carbocycles. The van der Waals surface area contributed by atoms with E-state index < -0.39 is 0 Å². The summed E-state index contributed by atoms with van der Waals surface area (Å²) >= 11 is 0. The topological polar surface area (TPSA) is 64.7 Å². The summed E-state index contributed by atoms with van der Waals surface area (Å²) in [7, 11) is 0. The first-order valence-corrected chi connectivity index (χ1v) is 10.7. The Balaban J connectivity index is 0.00000320. The second-order valence-electron chi connectivity index (χ2n) is 7.81. The van der Waals surface area contributed by atoms with E-state index >= 15 is 0 Å². The molecule has 2 unspecified atom stereocenters. The van der Waals surface area contributed by atoms with Crippen LogP contribution in [0.5, 0.6) is 0 Å². The van der Waals surface area contributed by atoms with Crippen molar-refractivity contribution in [2.75, 3.05) is 39.3 Å². The Morgan fingerprint density at radius 3 is 2.77 bits per heavy atom. The quantitative estimate of drug-likeness (QED) is 0.211. The lowest BCUT2D eigenvalue weighted by Crippen LogP contribution is -2.45. The summed E-state index contributed by atoms with van der Waals surface area (Å²) in [6, 6.07) is 4.88. The van der Waals surface area contributed by atoms with Gasteiger partial charge in [-0.2, -0.15) is 0 Å². The summed E-state index contributed by atoms with van der Waals surface area (Å²) in [5, 5.41) is 7.79. The number of hydrogen-bond donors (Lipinski definition) is 3. The molecule has 0 saturated carbocycles. The van der Waals surface area contributed by atoms with E-state index in [4.69, 9.17) is 9.73 Å². The molecule has 0 radical (unpaired) electrons. The number of hydrogen-bond acceptors (Lipinski definition) is 3. The molecule has 1 saturated heterocycles. The molecule has 2 atom stereocenters. The number of rotatable bonds is 8. The van der Waals surface area contributed by atoms with Gasteiger partial charge in [-0.25, -0.2) is 4.39 Å². The maximum absolute atomic E-state index is 13.3. The van der Waals surface area contributed by atoms with Crippen LogP contribution >= 0.6 is 24.0 Å². The Hall–Kier alpha value is -1.39. The number of fused-ring (bicyclic) bond motifs is 1. The number of aromatic nitrogens is 1. The number of nitrogens with zero attached hydrogens (tertiary/aromatic N) is 2. The largest absolute Gasteiger partial charge is 0.373 e. The van der Waals surface area contributed by atoms with Gasteiger partial charge in [0.05, 0.1) is 12.2 Å². The summed E-state index contributed by atoms with van der Waals surface area (Å²) in [6.07, 6.45) is 4.45. The Morgan fingerprint density at radius 2 is 2.03 bits per heavy atom. The first-order chi connectivity index (χ1) is 14.0. The van der Waals surface area contributed by atoms with Crippen molar-refractivity contribution in [2.45, 2.75) is 45.8 Å². The minimum absolute atomic E-state index is 0. The van der Waals surface area contributed by atoms with E-state index in [2.05, 4.69) is 41.3 Å². The Labute approximate surface area is 196 Å². The molecule has 1 aliphatic rings. The van der Waals surface area contributed by atoms with Gasteiger partial charge in [-0.1, -0.05) is 0 Å². The lowest BCUT2D eigenvalue weighted by molar-refractivity contribution is -0.0679. The van der Waals surface area contributed by atoms with Crippen molar-refractivity contribution in [2.24, 2.45) is 4.99 Å². The highest BCUT2D eigenvalue weighted by atomic mass is 127. The number of aromatic amines is 1. The molecule has 0 bridgehead atoms. The van der Waals surface area contributed by atoms with Crippen molar-refractivity contribution in [1.82, 2.24) is 20.5 Å². The molecule has 1 aromatic carbocycles. The number of morpholine rings is 1. The SMILES string of the molecule is CCNC(=NCCCN1CC(C)OC(C)C1)NCCc1c[nH]c2cc(F)ccc12.I. The van der Waals surface area contributed by atoms with Gasteiger partial charge in [0, 0.05) is 56.4 Å². The molecule has 1 fully saturated rings. The molecule has 8 heteroatoms. The van der Waals surface area contributed by atoms with Crippen LogP contribution in [0, 0.1) is 5.82 Å². The van der Waals surface area contributed by atoms with E-state index in [1.54, 1.807) is 0 Å². The first kappa shape index (κ1) is 24.9. The van der Waals surface area contributed by atoms with Crippen LogP contribution in [0.4, 0.5) is 4.39 Å². The lowest BCUT2D eigenvalue weighted by Gasteiger charge is -2.35. The van der Waals surface area contributed by atoms with Crippen molar-refractivity contribution in [3.63, 3.8) is 0 Å². The second kappa shape index (κ2) is 12.5. The first-order valence-electron chi connectivity index (χ1n) is 10.7. The van der Waals surface area contributed by atoms with Crippen LogP contribution in [0.25, 0.3) is 10.9 Å². The zero-order valence-corrected chi connectivity index (χ0v) is 20.5. The van der Waals surface area contributed by atoms with Crippen molar-refractivity contribution < 1.29 is 9.13 Å². The third-order valence-electron chi connectivity index (χ3n) is 5.16. The Kier molecular flexibility index (Phi) is 10.3. The third kappa shape index (κ3) is 7.39. The summed E-state index contributed by atoms with van der Waals surface area (Å²) in [5.74, 6) is 0.633. The number of nitrogens with one attached hydrogen (secondary N) is 3. The van der Waals surface area contributed by atoms with Crippen LogP contribution in [0.3, 0.4) is 0 Å². The minimum atomic E-state index is -0.216. The van der Waals surface area contributed by atoms with Gasteiger partial charge in [0.2, 0.25) is 0 Å². The fourth-order valence-electron chi connectivity index (χ4n) is 3.97. The molecule has 1 aromatic heterocycles. The van der Waals surface area contributed by atoms with Crippen molar-refractivity contribution in [3.05, 3.63) is 35.8 Å². The van der Waals surface area contributed by atoms with Gasteiger partial charge in [0.15, 0.2) is 5.96 Å². The second-order valence-corrected chi connectivity index (χ2v) is 7.81. The molecule has 2 aromatic rings. The van der Waals surface area contributed by atoms with Gasteiger partial charge in [0.25, 0.3) is 0 Å². The van der Waals surface area contributed by atoms with Crippen LogP contribution in [-0.2, 0) is 11.2 Å². The number of guanidine groups is 1. The highest BCUT2D eigenvalue weighted by molar-refractivity contribution is 14.0. The van der Waals surface area contributed by atoms with Crippen molar-refractivity contribution >= 4 is 40.8 Å². The third-order valence-corrected chi connectivity index (χ3v) is 5.16. The van der Waals surface area contributed by atoms with Crippen LogP contribution in [0.1, 0.15) is 32.8 Å². The van der Waals surface area contributed by atoms with Gasteiger partial charge in [-0.15, -0.1) is 24.0 Å². The monoisotopic (exact) mass is 531 g/mol. The zero-order chi connectivity index (χ0) is 20.6. The van der Waals surface area contributed by atoms with E-state index in [0.29, 0.717) is 12.2 Å².